The molecule has 0 saturated carbocycles. The van der Waals surface area contributed by atoms with Gasteiger partial charge >= 0.3 is 0 Å². The minimum absolute atomic E-state index is 0.225. The summed E-state index contributed by atoms with van der Waals surface area (Å²) in [5.74, 6) is 0.225. The Morgan fingerprint density at radius 2 is 1.39 bits per heavy atom. The van der Waals surface area contributed by atoms with Gasteiger partial charge in [0.25, 0.3) is 0 Å². The largest absolute Gasteiger partial charge is 0.506 e. The average Bonchev–Trinajstić information content (AvgIpc) is 2.35. The number of rotatable bonds is 2. The second-order valence-corrected chi connectivity index (χ2v) is 5.79. The smallest absolute Gasteiger partial charge is 0.143 e. The molecule has 3 heteroatoms. The van der Waals surface area contributed by atoms with Crippen molar-refractivity contribution in [3.05, 3.63) is 62.0 Å². The molecule has 0 fully saturated rings. The van der Waals surface area contributed by atoms with Crippen LogP contribution in [0, 0.1) is 6.92 Å². The molecule has 0 saturated heterocycles. The van der Waals surface area contributed by atoms with E-state index in [1.54, 1.807) is 0 Å². The molecule has 0 amide bonds. The molecule has 0 aliphatic carbocycles. The fourth-order valence-corrected chi connectivity index (χ4v) is 2.77. The minimum Gasteiger partial charge on any atom is -0.506 e. The van der Waals surface area contributed by atoms with E-state index in [2.05, 4.69) is 63.0 Å². The van der Waals surface area contributed by atoms with Crippen molar-refractivity contribution < 1.29 is 5.11 Å². The first-order valence-electron chi connectivity index (χ1n) is 5.49. The summed E-state index contributed by atoms with van der Waals surface area (Å²) in [5.41, 5.74) is 3.43. The third kappa shape index (κ3) is 3.24. The number of phenols is 1. The topological polar surface area (TPSA) is 20.2 Å². The average molecular weight is 368 g/mol. The SMILES string of the molecule is Cc1ccc(/C=C/c2cc(Br)c(O)c(Br)c2)cc1. The molecule has 2 aromatic rings. The molecule has 0 atom stereocenters. The van der Waals surface area contributed by atoms with Crippen LogP contribution in [-0.2, 0) is 0 Å². The summed E-state index contributed by atoms with van der Waals surface area (Å²) in [5, 5.41) is 9.63. The van der Waals surface area contributed by atoms with Crippen molar-refractivity contribution in [3.8, 4) is 5.75 Å². The van der Waals surface area contributed by atoms with Crippen LogP contribution in [0.25, 0.3) is 12.2 Å². The van der Waals surface area contributed by atoms with Gasteiger partial charge in [0, 0.05) is 0 Å². The van der Waals surface area contributed by atoms with Gasteiger partial charge in [-0.2, -0.15) is 0 Å². The predicted octanol–water partition coefficient (Wildman–Crippen LogP) is 5.40. The maximum Gasteiger partial charge on any atom is 0.143 e. The number of halogens is 2. The molecule has 2 aromatic carbocycles. The first-order chi connectivity index (χ1) is 8.56. The van der Waals surface area contributed by atoms with Gasteiger partial charge in [0.15, 0.2) is 0 Å². The monoisotopic (exact) mass is 366 g/mol. The van der Waals surface area contributed by atoms with Gasteiger partial charge in [0.05, 0.1) is 8.95 Å². The van der Waals surface area contributed by atoms with Gasteiger partial charge in [-0.3, -0.25) is 0 Å². The molecule has 1 nitrogen and oxygen atoms in total. The number of hydrogen-bond donors (Lipinski definition) is 1. The normalized spacial score (nSPS) is 11.1. The Morgan fingerprint density at radius 1 is 0.889 bits per heavy atom. The molecule has 0 aromatic heterocycles. The number of benzene rings is 2. The highest BCUT2D eigenvalue weighted by atomic mass is 79.9. The predicted molar refractivity (Wildman–Crippen MR) is 83.6 cm³/mol. The van der Waals surface area contributed by atoms with Crippen molar-refractivity contribution >= 4 is 44.0 Å². The van der Waals surface area contributed by atoms with Gasteiger partial charge in [-0.05, 0) is 62.0 Å². The summed E-state index contributed by atoms with van der Waals surface area (Å²) < 4.78 is 1.36. The summed E-state index contributed by atoms with van der Waals surface area (Å²) in [7, 11) is 0. The van der Waals surface area contributed by atoms with E-state index < -0.39 is 0 Å². The van der Waals surface area contributed by atoms with Gasteiger partial charge < -0.3 is 5.11 Å². The summed E-state index contributed by atoms with van der Waals surface area (Å²) in [6.45, 7) is 2.07. The Balaban J connectivity index is 2.26. The Bertz CT molecular complexity index is 563. The molecule has 18 heavy (non-hydrogen) atoms. The van der Waals surface area contributed by atoms with E-state index in [1.165, 1.54) is 5.56 Å². The second-order valence-electron chi connectivity index (χ2n) is 4.08. The van der Waals surface area contributed by atoms with Crippen LogP contribution in [0.5, 0.6) is 5.75 Å². The van der Waals surface area contributed by atoms with Crippen LogP contribution in [0.3, 0.4) is 0 Å². The van der Waals surface area contributed by atoms with Gasteiger partial charge in [-0.25, -0.2) is 0 Å². The fraction of sp³-hybridized carbons (Fsp3) is 0.0667. The molecule has 0 aliphatic heterocycles. The van der Waals surface area contributed by atoms with Crippen molar-refractivity contribution in [3.63, 3.8) is 0 Å². The molecule has 0 unspecified atom stereocenters. The van der Waals surface area contributed by atoms with E-state index in [0.29, 0.717) is 8.95 Å². The maximum atomic E-state index is 9.63. The molecule has 0 bridgehead atoms. The van der Waals surface area contributed by atoms with E-state index in [4.69, 9.17) is 0 Å². The van der Waals surface area contributed by atoms with Crippen LogP contribution in [0.2, 0.25) is 0 Å². The zero-order chi connectivity index (χ0) is 13.1. The van der Waals surface area contributed by atoms with E-state index in [9.17, 15) is 5.11 Å². The quantitative estimate of drug-likeness (QED) is 0.705. The zero-order valence-corrected chi connectivity index (χ0v) is 13.0. The fourth-order valence-electron chi connectivity index (χ4n) is 1.55. The van der Waals surface area contributed by atoms with E-state index in [-0.39, 0.29) is 5.75 Å². The zero-order valence-electron chi connectivity index (χ0n) is 9.82. The Kier molecular flexibility index (Phi) is 4.25. The second kappa shape index (κ2) is 5.72. The lowest BCUT2D eigenvalue weighted by molar-refractivity contribution is 0.468. The molecule has 0 aliphatic rings. The highest BCUT2D eigenvalue weighted by molar-refractivity contribution is 9.11. The lowest BCUT2D eigenvalue weighted by atomic mass is 10.1. The summed E-state index contributed by atoms with van der Waals surface area (Å²) in [6.07, 6.45) is 4.06. The molecular weight excluding hydrogens is 356 g/mol. The third-order valence-corrected chi connectivity index (χ3v) is 3.79. The van der Waals surface area contributed by atoms with Crippen LogP contribution >= 0.6 is 31.9 Å². The summed E-state index contributed by atoms with van der Waals surface area (Å²) in [6, 6.07) is 12.1. The van der Waals surface area contributed by atoms with Crippen molar-refractivity contribution in [2.24, 2.45) is 0 Å². The van der Waals surface area contributed by atoms with Crippen LogP contribution < -0.4 is 0 Å². The summed E-state index contributed by atoms with van der Waals surface area (Å²) in [4.78, 5) is 0. The molecular formula is C15H12Br2O. The van der Waals surface area contributed by atoms with E-state index in [0.717, 1.165) is 11.1 Å². The first-order valence-corrected chi connectivity index (χ1v) is 7.07. The van der Waals surface area contributed by atoms with Crippen LogP contribution in [0.1, 0.15) is 16.7 Å². The molecule has 2 rings (SSSR count). The Labute approximate surface area is 123 Å². The van der Waals surface area contributed by atoms with Crippen molar-refractivity contribution in [1.82, 2.24) is 0 Å². The van der Waals surface area contributed by atoms with Crippen LogP contribution in [0.4, 0.5) is 0 Å². The number of aryl methyl sites for hydroxylation is 1. The first kappa shape index (κ1) is 13.4. The van der Waals surface area contributed by atoms with Gasteiger partial charge in [0.2, 0.25) is 0 Å². The lowest BCUT2D eigenvalue weighted by Gasteiger charge is -2.02. The van der Waals surface area contributed by atoms with E-state index >= 15 is 0 Å². The molecule has 1 N–H and O–H groups in total. The molecule has 0 spiro atoms. The third-order valence-electron chi connectivity index (χ3n) is 2.58. The van der Waals surface area contributed by atoms with E-state index in [1.807, 2.05) is 24.3 Å². The lowest BCUT2D eigenvalue weighted by Crippen LogP contribution is -1.78. The van der Waals surface area contributed by atoms with Crippen molar-refractivity contribution in [2.75, 3.05) is 0 Å². The Morgan fingerprint density at radius 3 is 1.94 bits per heavy atom. The Hall–Kier alpha value is -1.06. The van der Waals surface area contributed by atoms with Crippen LogP contribution in [-0.4, -0.2) is 5.11 Å². The van der Waals surface area contributed by atoms with Crippen molar-refractivity contribution in [2.45, 2.75) is 6.92 Å². The number of hydrogen-bond acceptors (Lipinski definition) is 1. The molecule has 0 heterocycles. The van der Waals surface area contributed by atoms with Gasteiger partial charge in [-0.15, -0.1) is 0 Å². The van der Waals surface area contributed by atoms with Gasteiger partial charge in [-0.1, -0.05) is 42.0 Å². The van der Waals surface area contributed by atoms with Crippen LogP contribution in [0.15, 0.2) is 45.3 Å². The highest BCUT2D eigenvalue weighted by Crippen LogP contribution is 2.33. The molecule has 92 valence electrons. The standard InChI is InChI=1S/C15H12Br2O/c1-10-2-4-11(5-3-10)6-7-12-8-13(16)15(18)14(17)9-12/h2-9,18H,1H3/b7-6+. The van der Waals surface area contributed by atoms with Crippen molar-refractivity contribution in [1.29, 1.82) is 0 Å². The summed E-state index contributed by atoms with van der Waals surface area (Å²) >= 11 is 6.64. The minimum atomic E-state index is 0.225. The van der Waals surface area contributed by atoms with Gasteiger partial charge in [0.1, 0.15) is 5.75 Å². The number of aromatic hydroxyl groups is 1. The number of phenolic OH excluding ortho intramolecular Hbond substituents is 1. The molecule has 0 radical (unpaired) electrons. The highest BCUT2D eigenvalue weighted by Gasteiger charge is 2.03. The maximum absolute atomic E-state index is 9.63.